The average molecular weight is 365 g/mol. The summed E-state index contributed by atoms with van der Waals surface area (Å²) in [5, 5.41) is 0.828. The Morgan fingerprint density at radius 2 is 1.89 bits per heavy atom. The zero-order valence-electron chi connectivity index (χ0n) is 14.5. The van der Waals surface area contributed by atoms with E-state index in [0.29, 0.717) is 11.5 Å². The minimum absolute atomic E-state index is 0.113. The van der Waals surface area contributed by atoms with Gasteiger partial charge in [0, 0.05) is 11.8 Å². The van der Waals surface area contributed by atoms with Crippen LogP contribution in [0.15, 0.2) is 54.7 Å². The summed E-state index contributed by atoms with van der Waals surface area (Å²) in [6.45, 7) is 2.16. The summed E-state index contributed by atoms with van der Waals surface area (Å²) in [5.41, 5.74) is 2.65. The minimum Gasteiger partial charge on any atom is -0.454 e. The van der Waals surface area contributed by atoms with Gasteiger partial charge in [0.1, 0.15) is 11.6 Å². The molecule has 1 aliphatic rings. The molecule has 0 aliphatic carbocycles. The standard InChI is InChI=1S/C20H16FN3O3/c1-12-8-17-18(27-11-26-17)9-15(12)13-6-7-19(23-10-13)24(22)20(25)14-4-2-3-5-16(14)21/h2-10H,11,22H2,1H3. The lowest BCUT2D eigenvalue weighted by Crippen LogP contribution is -2.38. The molecule has 27 heavy (non-hydrogen) atoms. The van der Waals surface area contributed by atoms with E-state index >= 15 is 0 Å². The summed E-state index contributed by atoms with van der Waals surface area (Å²) in [7, 11) is 0. The Labute approximate surface area is 154 Å². The number of hydrazine groups is 1. The first-order chi connectivity index (χ1) is 13.0. The van der Waals surface area contributed by atoms with Gasteiger partial charge in [-0.1, -0.05) is 12.1 Å². The van der Waals surface area contributed by atoms with Gasteiger partial charge in [0.05, 0.1) is 5.56 Å². The molecule has 2 N–H and O–H groups in total. The molecule has 7 heteroatoms. The summed E-state index contributed by atoms with van der Waals surface area (Å²) in [6.07, 6.45) is 1.61. The monoisotopic (exact) mass is 365 g/mol. The quantitative estimate of drug-likeness (QED) is 0.437. The number of amides is 1. The van der Waals surface area contributed by atoms with Crippen molar-refractivity contribution in [1.29, 1.82) is 0 Å². The molecule has 0 unspecified atom stereocenters. The normalized spacial score (nSPS) is 12.1. The highest BCUT2D eigenvalue weighted by Crippen LogP contribution is 2.38. The fraction of sp³-hybridized carbons (Fsp3) is 0.100. The first-order valence-corrected chi connectivity index (χ1v) is 8.25. The second kappa shape index (κ2) is 6.69. The van der Waals surface area contributed by atoms with Crippen molar-refractivity contribution in [3.05, 3.63) is 71.7 Å². The summed E-state index contributed by atoms with van der Waals surface area (Å²) < 4.78 is 24.6. The van der Waals surface area contributed by atoms with Gasteiger partial charge in [-0.2, -0.15) is 0 Å². The van der Waals surface area contributed by atoms with E-state index in [9.17, 15) is 9.18 Å². The Bertz CT molecular complexity index is 1020. The lowest BCUT2D eigenvalue weighted by molar-refractivity contribution is 0.0982. The average Bonchev–Trinajstić information content (AvgIpc) is 3.14. The number of hydrogen-bond donors (Lipinski definition) is 1. The molecule has 1 aromatic heterocycles. The van der Waals surface area contributed by atoms with Gasteiger partial charge >= 0.3 is 0 Å². The Balaban J connectivity index is 1.61. The van der Waals surface area contributed by atoms with Crippen molar-refractivity contribution in [3.63, 3.8) is 0 Å². The van der Waals surface area contributed by atoms with E-state index in [0.717, 1.165) is 21.7 Å². The van der Waals surface area contributed by atoms with Crippen LogP contribution in [0.1, 0.15) is 15.9 Å². The molecule has 0 saturated heterocycles. The first-order valence-electron chi connectivity index (χ1n) is 8.25. The molecule has 6 nitrogen and oxygen atoms in total. The topological polar surface area (TPSA) is 77.7 Å². The van der Waals surface area contributed by atoms with Gasteiger partial charge in [-0.05, 0) is 54.4 Å². The van der Waals surface area contributed by atoms with Crippen LogP contribution in [0.4, 0.5) is 10.2 Å². The number of nitrogens with zero attached hydrogens (tertiary/aromatic N) is 2. The molecule has 1 aliphatic heterocycles. The molecular weight excluding hydrogens is 349 g/mol. The van der Waals surface area contributed by atoms with Gasteiger partial charge in [0.25, 0.3) is 5.91 Å². The Morgan fingerprint density at radius 3 is 2.59 bits per heavy atom. The van der Waals surface area contributed by atoms with E-state index in [1.807, 2.05) is 19.1 Å². The molecule has 0 atom stereocenters. The van der Waals surface area contributed by atoms with Gasteiger partial charge in [-0.3, -0.25) is 4.79 Å². The van der Waals surface area contributed by atoms with Gasteiger partial charge in [0.2, 0.25) is 6.79 Å². The highest BCUT2D eigenvalue weighted by Gasteiger charge is 2.20. The van der Waals surface area contributed by atoms with Crippen molar-refractivity contribution in [2.75, 3.05) is 11.8 Å². The largest absolute Gasteiger partial charge is 0.454 e. The molecule has 2 aromatic carbocycles. The first kappa shape index (κ1) is 17.0. The summed E-state index contributed by atoms with van der Waals surface area (Å²) in [4.78, 5) is 16.6. The third-order valence-corrected chi connectivity index (χ3v) is 4.35. The number of fused-ring (bicyclic) bond motifs is 1. The molecular formula is C20H16FN3O3. The second-order valence-electron chi connectivity index (χ2n) is 6.08. The van der Waals surface area contributed by atoms with E-state index in [1.54, 1.807) is 24.4 Å². The van der Waals surface area contributed by atoms with Crippen LogP contribution in [0.5, 0.6) is 11.5 Å². The molecule has 136 valence electrons. The molecule has 2 heterocycles. The summed E-state index contributed by atoms with van der Waals surface area (Å²) in [6, 6.07) is 12.9. The highest BCUT2D eigenvalue weighted by molar-refractivity contribution is 6.04. The number of halogens is 1. The van der Waals surface area contributed by atoms with E-state index in [4.69, 9.17) is 15.3 Å². The number of aryl methyl sites for hydroxylation is 1. The molecule has 0 spiro atoms. The van der Waals surface area contributed by atoms with Gasteiger partial charge in [-0.15, -0.1) is 0 Å². The van der Waals surface area contributed by atoms with Crippen molar-refractivity contribution >= 4 is 11.7 Å². The van der Waals surface area contributed by atoms with Crippen molar-refractivity contribution in [2.24, 2.45) is 5.84 Å². The summed E-state index contributed by atoms with van der Waals surface area (Å²) in [5.74, 6) is 6.14. The zero-order valence-corrected chi connectivity index (χ0v) is 14.5. The number of carbonyl (C=O) groups is 1. The number of ether oxygens (including phenoxy) is 2. The van der Waals surface area contributed by atoms with E-state index < -0.39 is 11.7 Å². The Hall–Kier alpha value is -3.45. The third kappa shape index (κ3) is 3.09. The molecule has 0 bridgehead atoms. The number of pyridine rings is 1. The van der Waals surface area contributed by atoms with Gasteiger partial charge < -0.3 is 9.47 Å². The third-order valence-electron chi connectivity index (χ3n) is 4.35. The van der Waals surface area contributed by atoms with Crippen LogP contribution in [0.25, 0.3) is 11.1 Å². The summed E-state index contributed by atoms with van der Waals surface area (Å²) >= 11 is 0. The van der Waals surface area contributed by atoms with Crippen molar-refractivity contribution in [1.82, 2.24) is 4.98 Å². The van der Waals surface area contributed by atoms with Crippen LogP contribution in [0.2, 0.25) is 0 Å². The number of aromatic nitrogens is 1. The number of benzene rings is 2. The van der Waals surface area contributed by atoms with E-state index in [-0.39, 0.29) is 18.2 Å². The van der Waals surface area contributed by atoms with Gasteiger partial charge in [-0.25, -0.2) is 20.2 Å². The minimum atomic E-state index is -0.674. The lowest BCUT2D eigenvalue weighted by atomic mass is 10.0. The predicted molar refractivity (Wildman–Crippen MR) is 97.9 cm³/mol. The van der Waals surface area contributed by atoms with Gasteiger partial charge in [0.15, 0.2) is 11.5 Å². The number of nitrogens with two attached hydrogens (primary N) is 1. The highest BCUT2D eigenvalue weighted by atomic mass is 19.1. The fourth-order valence-electron chi connectivity index (χ4n) is 2.91. The molecule has 3 aromatic rings. The maximum absolute atomic E-state index is 13.8. The zero-order chi connectivity index (χ0) is 19.0. The molecule has 0 radical (unpaired) electrons. The molecule has 0 fully saturated rings. The number of carbonyl (C=O) groups excluding carboxylic acids is 1. The molecule has 4 rings (SSSR count). The van der Waals surface area contributed by atoms with Crippen molar-refractivity contribution in [2.45, 2.75) is 6.92 Å². The Kier molecular flexibility index (Phi) is 4.21. The van der Waals surface area contributed by atoms with Crippen LogP contribution in [-0.4, -0.2) is 17.7 Å². The van der Waals surface area contributed by atoms with E-state index in [2.05, 4.69) is 4.98 Å². The van der Waals surface area contributed by atoms with Crippen LogP contribution in [0, 0.1) is 12.7 Å². The van der Waals surface area contributed by atoms with E-state index in [1.165, 1.54) is 18.2 Å². The number of rotatable bonds is 3. The molecule has 1 amide bonds. The van der Waals surface area contributed by atoms with Crippen LogP contribution < -0.4 is 20.3 Å². The SMILES string of the molecule is Cc1cc2c(cc1-c1ccc(N(N)C(=O)c3ccccc3F)nc1)OCO2. The number of hydrogen-bond acceptors (Lipinski definition) is 5. The van der Waals surface area contributed by atoms with Crippen LogP contribution >= 0.6 is 0 Å². The predicted octanol–water partition coefficient (Wildman–Crippen LogP) is 3.45. The maximum atomic E-state index is 13.8. The second-order valence-corrected chi connectivity index (χ2v) is 6.08. The van der Waals surface area contributed by atoms with Crippen LogP contribution in [-0.2, 0) is 0 Å². The van der Waals surface area contributed by atoms with Crippen LogP contribution in [0.3, 0.4) is 0 Å². The lowest BCUT2D eigenvalue weighted by Gasteiger charge is -2.16. The fourth-order valence-corrected chi connectivity index (χ4v) is 2.91. The van der Waals surface area contributed by atoms with Crippen molar-refractivity contribution < 1.29 is 18.7 Å². The number of anilines is 1. The Morgan fingerprint density at radius 1 is 1.15 bits per heavy atom. The van der Waals surface area contributed by atoms with Crippen molar-refractivity contribution in [3.8, 4) is 22.6 Å². The maximum Gasteiger partial charge on any atom is 0.276 e. The smallest absolute Gasteiger partial charge is 0.276 e. The molecule has 0 saturated carbocycles.